The van der Waals surface area contributed by atoms with Crippen molar-refractivity contribution in [2.45, 2.75) is 20.3 Å². The third kappa shape index (κ3) is 5.18. The van der Waals surface area contributed by atoms with Crippen LogP contribution in [0.2, 0.25) is 0 Å². The minimum atomic E-state index is 0.958. The molecule has 0 unspecified atom stereocenters. The van der Waals surface area contributed by atoms with Gasteiger partial charge in [-0.2, -0.15) is 0 Å². The van der Waals surface area contributed by atoms with Crippen LogP contribution in [-0.4, -0.2) is 4.40 Å². The van der Waals surface area contributed by atoms with E-state index in [4.69, 9.17) is 0 Å². The van der Waals surface area contributed by atoms with Crippen LogP contribution in [0, 0.1) is 0 Å². The van der Waals surface area contributed by atoms with E-state index in [0.29, 0.717) is 0 Å². The maximum absolute atomic E-state index is 2.51. The topological polar surface area (TPSA) is 7.65 Å². The minimum absolute atomic E-state index is 0.958. The van der Waals surface area contributed by atoms with Crippen LogP contribution in [0.5, 0.6) is 0 Å². The summed E-state index contributed by atoms with van der Waals surface area (Å²) in [7, 11) is 0. The summed E-state index contributed by atoms with van der Waals surface area (Å²) < 4.78 is 2.51. The van der Waals surface area contributed by atoms with Gasteiger partial charge in [-0.15, -0.1) is 0 Å². The average molecular weight is 729 g/mol. The highest BCUT2D eigenvalue weighted by atomic mass is 15.2. The zero-order chi connectivity index (χ0) is 38.0. The van der Waals surface area contributed by atoms with Gasteiger partial charge in [0.2, 0.25) is 0 Å². The fraction of sp³-hybridized carbons (Fsp3) is 0.0545. The third-order valence-electron chi connectivity index (χ3n) is 12.0. The van der Waals surface area contributed by atoms with E-state index < -0.39 is 0 Å². The van der Waals surface area contributed by atoms with Crippen molar-refractivity contribution in [3.63, 3.8) is 0 Å². The van der Waals surface area contributed by atoms with Crippen LogP contribution in [-0.2, 0) is 6.42 Å². The number of rotatable bonds is 7. The van der Waals surface area contributed by atoms with Crippen LogP contribution in [0.25, 0.3) is 77.0 Å². The quantitative estimate of drug-likeness (QED) is 0.148. The molecule has 0 aliphatic heterocycles. The molecule has 0 atom stereocenters. The zero-order valence-electron chi connectivity index (χ0n) is 32.1. The molecule has 57 heavy (non-hydrogen) atoms. The number of allylic oxidation sites excluding steroid dienone is 4. The summed E-state index contributed by atoms with van der Waals surface area (Å²) in [5.74, 6) is 0. The maximum atomic E-state index is 2.51. The largest absolute Gasteiger partial charge is 0.308 e. The Hall–Kier alpha value is -7.16. The molecule has 0 amide bonds. The maximum Gasteiger partial charge on any atom is 0.0782 e. The molecule has 0 bridgehead atoms. The predicted octanol–water partition coefficient (Wildman–Crippen LogP) is 15.2. The molecule has 11 rings (SSSR count). The Morgan fingerprint density at radius 3 is 2.00 bits per heavy atom. The first-order valence-electron chi connectivity index (χ1n) is 20.0. The Morgan fingerprint density at radius 1 is 0.509 bits per heavy atom. The Kier molecular flexibility index (Phi) is 7.72. The van der Waals surface area contributed by atoms with E-state index in [0.717, 1.165) is 23.5 Å². The lowest BCUT2D eigenvalue weighted by Gasteiger charge is -2.28. The van der Waals surface area contributed by atoms with E-state index in [-0.39, 0.29) is 0 Å². The molecule has 2 heterocycles. The number of para-hydroxylation sites is 3. The fourth-order valence-corrected chi connectivity index (χ4v) is 9.52. The van der Waals surface area contributed by atoms with Gasteiger partial charge in [-0.3, -0.25) is 0 Å². The van der Waals surface area contributed by atoms with Crippen molar-refractivity contribution in [1.82, 2.24) is 4.40 Å². The van der Waals surface area contributed by atoms with Gasteiger partial charge in [-0.1, -0.05) is 152 Å². The first kappa shape index (κ1) is 33.2. The lowest BCUT2D eigenvalue weighted by molar-refractivity contribution is 1.26. The van der Waals surface area contributed by atoms with Crippen LogP contribution < -0.4 is 4.90 Å². The van der Waals surface area contributed by atoms with Crippen molar-refractivity contribution in [2.24, 2.45) is 0 Å². The standard InChI is InChI=1S/C55H40N2/c1-3-15-36(4-2)40-32-41(37-16-6-5-7-17-37)34-43(33-40)56(42-30-28-38(29-31-42)44-21-12-22-46-45-19-9-8-18-39(45)35-51(44)46)53-27-14-25-50-49-24-13-23-48-47-20-10-11-26-52(47)57(54(48)49)55(50)53/h3-34H,35H2,1-2H3/b15-3-,36-4+. The molecule has 2 aromatic heterocycles. The molecule has 1 aliphatic rings. The Morgan fingerprint density at radius 2 is 1.18 bits per heavy atom. The van der Waals surface area contributed by atoms with E-state index >= 15 is 0 Å². The van der Waals surface area contributed by atoms with Crippen LogP contribution in [0.3, 0.4) is 0 Å². The van der Waals surface area contributed by atoms with Gasteiger partial charge in [-0.05, 0) is 118 Å². The fourth-order valence-electron chi connectivity index (χ4n) is 9.52. The van der Waals surface area contributed by atoms with Gasteiger partial charge in [0, 0.05) is 32.9 Å². The van der Waals surface area contributed by atoms with Crippen molar-refractivity contribution in [3.8, 4) is 33.4 Å². The number of aromatic nitrogens is 1. The molecular weight excluding hydrogens is 689 g/mol. The Labute approximate surface area is 333 Å². The van der Waals surface area contributed by atoms with Gasteiger partial charge in [0.15, 0.2) is 0 Å². The minimum Gasteiger partial charge on any atom is -0.308 e. The summed E-state index contributed by atoms with van der Waals surface area (Å²) in [6, 6.07) is 65.2. The van der Waals surface area contributed by atoms with Gasteiger partial charge in [-0.25, -0.2) is 0 Å². The lowest BCUT2D eigenvalue weighted by atomic mass is 9.95. The molecule has 0 saturated heterocycles. The van der Waals surface area contributed by atoms with Crippen LogP contribution >= 0.6 is 0 Å². The molecule has 2 heteroatoms. The highest BCUT2D eigenvalue weighted by Gasteiger charge is 2.25. The molecular formula is C55H40N2. The second kappa shape index (κ2) is 13.3. The molecule has 0 spiro atoms. The molecule has 0 fully saturated rings. The molecule has 1 aliphatic carbocycles. The summed E-state index contributed by atoms with van der Waals surface area (Å²) in [4.78, 5) is 2.49. The smallest absolute Gasteiger partial charge is 0.0782 e. The van der Waals surface area contributed by atoms with E-state index in [1.807, 2.05) is 0 Å². The number of nitrogens with zero attached hydrogens (tertiary/aromatic N) is 2. The Bertz CT molecular complexity index is 3210. The van der Waals surface area contributed by atoms with Crippen LogP contribution in [0.4, 0.5) is 17.1 Å². The first-order chi connectivity index (χ1) is 28.2. The van der Waals surface area contributed by atoms with Crippen molar-refractivity contribution in [2.75, 3.05) is 4.90 Å². The van der Waals surface area contributed by atoms with Gasteiger partial charge >= 0.3 is 0 Å². The molecule has 8 aromatic carbocycles. The van der Waals surface area contributed by atoms with Crippen molar-refractivity contribution >= 4 is 60.7 Å². The second-order valence-electron chi connectivity index (χ2n) is 15.2. The van der Waals surface area contributed by atoms with Gasteiger partial charge in [0.1, 0.15) is 0 Å². The molecule has 2 nitrogen and oxygen atoms in total. The summed E-state index contributed by atoms with van der Waals surface area (Å²) in [6.45, 7) is 4.22. The molecule has 10 aromatic rings. The molecule has 0 N–H and O–H groups in total. The second-order valence-corrected chi connectivity index (χ2v) is 15.2. The van der Waals surface area contributed by atoms with E-state index in [1.165, 1.54) is 93.7 Å². The summed E-state index contributed by atoms with van der Waals surface area (Å²) in [6.07, 6.45) is 7.51. The average Bonchev–Trinajstić information content (AvgIpc) is 3.94. The molecule has 0 saturated carbocycles. The van der Waals surface area contributed by atoms with Crippen molar-refractivity contribution < 1.29 is 0 Å². The monoisotopic (exact) mass is 728 g/mol. The highest BCUT2D eigenvalue weighted by Crippen LogP contribution is 2.48. The van der Waals surface area contributed by atoms with E-state index in [9.17, 15) is 0 Å². The van der Waals surface area contributed by atoms with E-state index in [2.05, 4.69) is 217 Å². The number of benzene rings is 8. The van der Waals surface area contributed by atoms with E-state index in [1.54, 1.807) is 0 Å². The van der Waals surface area contributed by atoms with Gasteiger partial charge in [0.05, 0.1) is 22.2 Å². The molecule has 270 valence electrons. The number of hydrogen-bond donors (Lipinski definition) is 0. The van der Waals surface area contributed by atoms with Crippen molar-refractivity contribution in [1.29, 1.82) is 0 Å². The Balaban J connectivity index is 1.17. The number of fused-ring (bicyclic) bond motifs is 9. The number of anilines is 3. The van der Waals surface area contributed by atoms with Crippen molar-refractivity contribution in [3.05, 3.63) is 211 Å². The summed E-state index contributed by atoms with van der Waals surface area (Å²) in [5, 5.41) is 5.09. The zero-order valence-corrected chi connectivity index (χ0v) is 32.1. The van der Waals surface area contributed by atoms with Crippen LogP contribution in [0.1, 0.15) is 30.5 Å². The van der Waals surface area contributed by atoms with Gasteiger partial charge < -0.3 is 9.30 Å². The SMILES string of the molecule is C/C=C\C(=C/C)c1cc(-c2ccccc2)cc(N(c2ccc(-c3cccc4c3Cc3ccccc3-4)cc2)c2cccc3c4cccc5c6ccccc6n(c23)c54)c1. The third-order valence-corrected chi connectivity index (χ3v) is 12.0. The lowest BCUT2D eigenvalue weighted by Crippen LogP contribution is -2.11. The summed E-state index contributed by atoms with van der Waals surface area (Å²) in [5.41, 5.74) is 19.9. The molecule has 0 radical (unpaired) electrons. The predicted molar refractivity (Wildman–Crippen MR) is 243 cm³/mol. The van der Waals surface area contributed by atoms with Crippen LogP contribution in [0.15, 0.2) is 194 Å². The van der Waals surface area contributed by atoms with Gasteiger partial charge in [0.25, 0.3) is 0 Å². The normalized spacial score (nSPS) is 12.7. The first-order valence-corrected chi connectivity index (χ1v) is 20.0. The highest BCUT2D eigenvalue weighted by molar-refractivity contribution is 6.25. The number of hydrogen-bond acceptors (Lipinski definition) is 1. The summed E-state index contributed by atoms with van der Waals surface area (Å²) >= 11 is 0.